The quantitative estimate of drug-likeness (QED) is 0.560. The molecule has 3 rings (SSSR count). The highest BCUT2D eigenvalue weighted by molar-refractivity contribution is 6.07. The summed E-state index contributed by atoms with van der Waals surface area (Å²) in [4.78, 5) is 11.1. The molecule has 0 aliphatic heterocycles. The lowest BCUT2D eigenvalue weighted by Gasteiger charge is -2.07. The van der Waals surface area contributed by atoms with Crippen molar-refractivity contribution in [1.29, 1.82) is 0 Å². The molecule has 0 radical (unpaired) electrons. The summed E-state index contributed by atoms with van der Waals surface area (Å²) in [5.41, 5.74) is 0.329. The van der Waals surface area contributed by atoms with E-state index in [1.54, 1.807) is 13.2 Å². The molecule has 3 aromatic rings. The van der Waals surface area contributed by atoms with Gasteiger partial charge in [0, 0.05) is 0 Å². The second kappa shape index (κ2) is 4.28. The fourth-order valence-corrected chi connectivity index (χ4v) is 2.31. The molecular formula is C16H12O3. The Morgan fingerprint density at radius 3 is 2.53 bits per heavy atom. The Morgan fingerprint density at radius 2 is 1.79 bits per heavy atom. The van der Waals surface area contributed by atoms with Gasteiger partial charge in [-0.25, -0.2) is 0 Å². The van der Waals surface area contributed by atoms with Gasteiger partial charge in [0.15, 0.2) is 6.29 Å². The zero-order valence-electron chi connectivity index (χ0n) is 10.4. The van der Waals surface area contributed by atoms with Gasteiger partial charge in [0.05, 0.1) is 12.7 Å². The van der Waals surface area contributed by atoms with Crippen LogP contribution in [-0.4, -0.2) is 18.5 Å². The average molecular weight is 252 g/mol. The molecule has 0 heterocycles. The summed E-state index contributed by atoms with van der Waals surface area (Å²) in [6, 6.07) is 13.0. The van der Waals surface area contributed by atoms with Crippen LogP contribution in [0.3, 0.4) is 0 Å². The Balaban J connectivity index is 2.40. The minimum Gasteiger partial charge on any atom is -0.507 e. The molecule has 3 heteroatoms. The first kappa shape index (κ1) is 11.5. The van der Waals surface area contributed by atoms with E-state index in [9.17, 15) is 9.90 Å². The number of hydrogen-bond donors (Lipinski definition) is 1. The van der Waals surface area contributed by atoms with Crippen LogP contribution in [0.15, 0.2) is 42.5 Å². The molecule has 0 unspecified atom stereocenters. The molecule has 0 saturated heterocycles. The van der Waals surface area contributed by atoms with Gasteiger partial charge < -0.3 is 9.84 Å². The molecule has 94 valence electrons. The Hall–Kier alpha value is -2.55. The van der Waals surface area contributed by atoms with Gasteiger partial charge in [-0.1, -0.05) is 12.1 Å². The maximum absolute atomic E-state index is 11.1. The molecule has 0 fully saturated rings. The smallest absolute Gasteiger partial charge is 0.154 e. The second-order valence-electron chi connectivity index (χ2n) is 4.40. The first-order valence-corrected chi connectivity index (χ1v) is 5.91. The summed E-state index contributed by atoms with van der Waals surface area (Å²) < 4.78 is 5.20. The minimum atomic E-state index is 0.00959. The maximum Gasteiger partial charge on any atom is 0.154 e. The van der Waals surface area contributed by atoms with Crippen LogP contribution in [0.2, 0.25) is 0 Å². The number of hydrogen-bond acceptors (Lipinski definition) is 3. The largest absolute Gasteiger partial charge is 0.507 e. The molecule has 0 saturated carbocycles. The molecule has 1 N–H and O–H groups in total. The van der Waals surface area contributed by atoms with Gasteiger partial charge in [0.1, 0.15) is 11.5 Å². The number of fused-ring (bicyclic) bond motifs is 2. The molecule has 0 spiro atoms. The van der Waals surface area contributed by atoms with E-state index in [4.69, 9.17) is 4.74 Å². The summed E-state index contributed by atoms with van der Waals surface area (Å²) in [5.74, 6) is 0.802. The fourth-order valence-electron chi connectivity index (χ4n) is 2.31. The Morgan fingerprint density at radius 1 is 1.00 bits per heavy atom. The van der Waals surface area contributed by atoms with E-state index in [1.807, 2.05) is 30.3 Å². The van der Waals surface area contributed by atoms with Gasteiger partial charge in [-0.2, -0.15) is 0 Å². The third-order valence-electron chi connectivity index (χ3n) is 3.32. The number of carbonyl (C=O) groups excluding carboxylic acids is 1. The van der Waals surface area contributed by atoms with Crippen molar-refractivity contribution >= 4 is 27.8 Å². The van der Waals surface area contributed by atoms with E-state index >= 15 is 0 Å². The highest BCUT2D eigenvalue weighted by Gasteiger charge is 2.07. The number of ether oxygens (including phenoxy) is 1. The molecule has 3 aromatic carbocycles. The van der Waals surface area contributed by atoms with Crippen molar-refractivity contribution in [3.05, 3.63) is 48.0 Å². The topological polar surface area (TPSA) is 46.5 Å². The number of rotatable bonds is 2. The molecule has 0 amide bonds. The van der Waals surface area contributed by atoms with Crippen molar-refractivity contribution < 1.29 is 14.6 Å². The first-order valence-electron chi connectivity index (χ1n) is 5.91. The van der Waals surface area contributed by atoms with Crippen LogP contribution in [0.5, 0.6) is 11.5 Å². The van der Waals surface area contributed by atoms with Gasteiger partial charge >= 0.3 is 0 Å². The van der Waals surface area contributed by atoms with E-state index < -0.39 is 0 Å². The van der Waals surface area contributed by atoms with Crippen molar-refractivity contribution in [3.63, 3.8) is 0 Å². The van der Waals surface area contributed by atoms with E-state index in [1.165, 1.54) is 6.07 Å². The average Bonchev–Trinajstić information content (AvgIpc) is 2.44. The van der Waals surface area contributed by atoms with E-state index in [-0.39, 0.29) is 5.75 Å². The van der Waals surface area contributed by atoms with Crippen LogP contribution in [-0.2, 0) is 0 Å². The van der Waals surface area contributed by atoms with Crippen LogP contribution in [0.25, 0.3) is 21.5 Å². The van der Waals surface area contributed by atoms with Crippen LogP contribution in [0, 0.1) is 0 Å². The zero-order valence-corrected chi connectivity index (χ0v) is 10.4. The second-order valence-corrected chi connectivity index (χ2v) is 4.40. The first-order chi connectivity index (χ1) is 9.22. The van der Waals surface area contributed by atoms with E-state index in [0.717, 1.165) is 27.3 Å². The van der Waals surface area contributed by atoms with Gasteiger partial charge in [-0.15, -0.1) is 0 Å². The van der Waals surface area contributed by atoms with Crippen LogP contribution >= 0.6 is 0 Å². The van der Waals surface area contributed by atoms with Crippen LogP contribution in [0.4, 0.5) is 0 Å². The Kier molecular flexibility index (Phi) is 2.60. The number of benzene rings is 3. The molecule has 19 heavy (non-hydrogen) atoms. The monoisotopic (exact) mass is 252 g/mol. The molecule has 0 aliphatic carbocycles. The van der Waals surface area contributed by atoms with Gasteiger partial charge in [-0.3, -0.25) is 4.79 Å². The van der Waals surface area contributed by atoms with Crippen molar-refractivity contribution in [2.24, 2.45) is 0 Å². The summed E-state index contributed by atoms with van der Waals surface area (Å²) in [6.07, 6.45) is 0.688. The minimum absolute atomic E-state index is 0.00959. The summed E-state index contributed by atoms with van der Waals surface area (Å²) >= 11 is 0. The van der Waals surface area contributed by atoms with E-state index in [2.05, 4.69) is 0 Å². The zero-order chi connectivity index (χ0) is 13.4. The molecule has 0 aliphatic rings. The molecule has 3 nitrogen and oxygen atoms in total. The van der Waals surface area contributed by atoms with E-state index in [0.29, 0.717) is 11.8 Å². The summed E-state index contributed by atoms with van der Waals surface area (Å²) in [5, 5.41) is 13.4. The van der Waals surface area contributed by atoms with Crippen molar-refractivity contribution in [1.82, 2.24) is 0 Å². The lowest BCUT2D eigenvalue weighted by Crippen LogP contribution is -1.87. The number of phenolic OH excluding ortho intramolecular Hbond substituents is 1. The Bertz CT molecular complexity index is 791. The van der Waals surface area contributed by atoms with Crippen molar-refractivity contribution in [2.45, 2.75) is 0 Å². The summed E-state index contributed by atoms with van der Waals surface area (Å²) in [7, 11) is 1.63. The van der Waals surface area contributed by atoms with Crippen molar-refractivity contribution in [2.75, 3.05) is 7.11 Å². The highest BCUT2D eigenvalue weighted by Crippen LogP contribution is 2.31. The van der Waals surface area contributed by atoms with Crippen molar-refractivity contribution in [3.8, 4) is 11.5 Å². The molecule has 0 aromatic heterocycles. The SMILES string of the molecule is COc1ccc2cc3c(C=O)c(O)ccc3cc2c1. The van der Waals surface area contributed by atoms with Crippen LogP contribution < -0.4 is 4.74 Å². The predicted octanol–water partition coefficient (Wildman–Crippen LogP) is 3.52. The Labute approximate surface area is 110 Å². The van der Waals surface area contributed by atoms with Gasteiger partial charge in [0.25, 0.3) is 0 Å². The number of methoxy groups -OCH3 is 1. The highest BCUT2D eigenvalue weighted by atomic mass is 16.5. The number of aldehydes is 1. The number of carbonyl (C=O) groups is 1. The van der Waals surface area contributed by atoms with Gasteiger partial charge in [-0.05, 0) is 51.9 Å². The normalized spacial score (nSPS) is 10.8. The molecule has 0 atom stereocenters. The van der Waals surface area contributed by atoms with Crippen LogP contribution in [0.1, 0.15) is 10.4 Å². The fraction of sp³-hybridized carbons (Fsp3) is 0.0625. The number of phenols is 1. The standard InChI is InChI=1S/C16H12O3/c1-19-13-4-2-10-8-14-11(6-12(10)7-13)3-5-16(18)15(14)9-17/h2-9,18H,1H3. The lowest BCUT2D eigenvalue weighted by molar-refractivity contribution is 0.112. The summed E-state index contributed by atoms with van der Waals surface area (Å²) in [6.45, 7) is 0. The predicted molar refractivity (Wildman–Crippen MR) is 75.1 cm³/mol. The maximum atomic E-state index is 11.1. The number of aromatic hydroxyl groups is 1. The molecule has 0 bridgehead atoms. The third kappa shape index (κ3) is 1.80. The molecular weight excluding hydrogens is 240 g/mol. The lowest BCUT2D eigenvalue weighted by atomic mass is 9.99. The third-order valence-corrected chi connectivity index (χ3v) is 3.32. The van der Waals surface area contributed by atoms with Gasteiger partial charge in [0.2, 0.25) is 0 Å².